The Morgan fingerprint density at radius 1 is 0.403 bits per heavy atom. The van der Waals surface area contributed by atoms with Crippen LogP contribution in [0, 0.1) is 0 Å². The minimum atomic E-state index is -0.852. The van der Waals surface area contributed by atoms with Gasteiger partial charge in [-0.3, -0.25) is 9.59 Å². The van der Waals surface area contributed by atoms with Crippen molar-refractivity contribution in [3.05, 3.63) is 24.3 Å². The number of allylic oxidation sites excluding steroid dienone is 3. The summed E-state index contributed by atoms with van der Waals surface area (Å²) in [7, 11) is 0. The fourth-order valence-electron chi connectivity index (χ4n) is 9.34. The molecule has 0 spiro atoms. The number of carbonyl (C=O) groups is 2. The standard InChI is InChI=1S/C61H117NO5/c1-3-5-7-9-11-13-15-17-18-19-20-24-27-31-35-39-43-47-51-55-61(66)67-56-52-48-44-40-36-32-28-25-22-21-23-26-30-34-38-42-46-50-54-60(65)62-58(57-63)59(64)53-49-45-41-37-33-29-16-14-12-10-8-6-4-2/h23,26,49,53,58-59,63-64H,3-22,24-25,27-48,50-52,54-57H2,1-2H3,(H,62,65)/b26-23-,53-49+. The number of hydrogen-bond donors (Lipinski definition) is 3. The van der Waals surface area contributed by atoms with E-state index in [1.54, 1.807) is 6.08 Å². The molecule has 0 bridgehead atoms. The zero-order chi connectivity index (χ0) is 48.6. The molecule has 0 fully saturated rings. The predicted molar refractivity (Wildman–Crippen MR) is 292 cm³/mol. The topological polar surface area (TPSA) is 95.9 Å². The number of nitrogens with one attached hydrogen (secondary N) is 1. The number of hydrogen-bond acceptors (Lipinski definition) is 5. The highest BCUT2D eigenvalue weighted by Gasteiger charge is 2.18. The summed E-state index contributed by atoms with van der Waals surface area (Å²) in [5.41, 5.74) is 0. The smallest absolute Gasteiger partial charge is 0.305 e. The minimum absolute atomic E-state index is 0.00702. The largest absolute Gasteiger partial charge is 0.466 e. The molecule has 0 saturated carbocycles. The summed E-state index contributed by atoms with van der Waals surface area (Å²) < 4.78 is 5.49. The van der Waals surface area contributed by atoms with E-state index in [9.17, 15) is 19.8 Å². The molecule has 0 aromatic carbocycles. The molecular weight excluding hydrogens is 827 g/mol. The third-order valence-corrected chi connectivity index (χ3v) is 14.0. The lowest BCUT2D eigenvalue weighted by Gasteiger charge is -2.20. The molecule has 3 N–H and O–H groups in total. The van der Waals surface area contributed by atoms with Crippen molar-refractivity contribution < 1.29 is 24.5 Å². The van der Waals surface area contributed by atoms with Crippen LogP contribution in [0.25, 0.3) is 0 Å². The number of unbranched alkanes of at least 4 members (excludes halogenated alkanes) is 43. The molecule has 0 aromatic rings. The summed E-state index contributed by atoms with van der Waals surface area (Å²) in [6, 6.07) is -0.637. The minimum Gasteiger partial charge on any atom is -0.466 e. The van der Waals surface area contributed by atoms with Gasteiger partial charge in [-0.2, -0.15) is 0 Å². The number of ether oxygens (including phenoxy) is 1. The van der Waals surface area contributed by atoms with Crippen molar-refractivity contribution in [2.45, 2.75) is 341 Å². The highest BCUT2D eigenvalue weighted by atomic mass is 16.5. The van der Waals surface area contributed by atoms with Gasteiger partial charge in [0.05, 0.1) is 25.4 Å². The Morgan fingerprint density at radius 2 is 0.701 bits per heavy atom. The molecule has 0 heterocycles. The first-order valence-electron chi connectivity index (χ1n) is 30.1. The lowest BCUT2D eigenvalue weighted by Crippen LogP contribution is -2.45. The van der Waals surface area contributed by atoms with Crippen molar-refractivity contribution in [2.24, 2.45) is 0 Å². The van der Waals surface area contributed by atoms with Gasteiger partial charge in [0.2, 0.25) is 5.91 Å². The number of amides is 1. The lowest BCUT2D eigenvalue weighted by molar-refractivity contribution is -0.143. The third-order valence-electron chi connectivity index (χ3n) is 14.0. The number of rotatable bonds is 56. The normalized spacial score (nSPS) is 12.7. The molecule has 0 aliphatic heterocycles. The van der Waals surface area contributed by atoms with Crippen molar-refractivity contribution in [1.82, 2.24) is 5.32 Å². The maximum absolute atomic E-state index is 12.4. The molecular formula is C61H117NO5. The fraction of sp³-hybridized carbons (Fsp3) is 0.902. The van der Waals surface area contributed by atoms with Gasteiger partial charge in [0, 0.05) is 12.8 Å². The van der Waals surface area contributed by atoms with E-state index in [0.29, 0.717) is 19.4 Å². The maximum Gasteiger partial charge on any atom is 0.305 e. The molecule has 67 heavy (non-hydrogen) atoms. The average molecular weight is 945 g/mol. The molecule has 2 unspecified atom stereocenters. The third kappa shape index (κ3) is 53.5. The van der Waals surface area contributed by atoms with Gasteiger partial charge in [0.15, 0.2) is 0 Å². The fourth-order valence-corrected chi connectivity index (χ4v) is 9.34. The van der Waals surface area contributed by atoms with Crippen molar-refractivity contribution in [1.29, 1.82) is 0 Å². The second-order valence-electron chi connectivity index (χ2n) is 20.7. The van der Waals surface area contributed by atoms with Crippen LogP contribution in [-0.4, -0.2) is 47.4 Å². The van der Waals surface area contributed by atoms with Gasteiger partial charge in [0.1, 0.15) is 0 Å². The van der Waals surface area contributed by atoms with Crippen LogP contribution in [0.1, 0.15) is 328 Å². The van der Waals surface area contributed by atoms with Crippen LogP contribution in [0.4, 0.5) is 0 Å². The summed E-state index contributed by atoms with van der Waals surface area (Å²) in [5, 5.41) is 23.1. The Hall–Kier alpha value is -1.66. The highest BCUT2D eigenvalue weighted by molar-refractivity contribution is 5.76. The Balaban J connectivity index is 3.43. The van der Waals surface area contributed by atoms with E-state index in [0.717, 1.165) is 57.8 Å². The number of aliphatic hydroxyl groups excluding tert-OH is 2. The van der Waals surface area contributed by atoms with E-state index in [2.05, 4.69) is 31.3 Å². The van der Waals surface area contributed by atoms with E-state index >= 15 is 0 Å². The van der Waals surface area contributed by atoms with E-state index in [4.69, 9.17) is 4.74 Å². The Morgan fingerprint density at radius 3 is 1.06 bits per heavy atom. The summed E-state index contributed by atoms with van der Waals surface area (Å²) in [5.74, 6) is -0.0747. The summed E-state index contributed by atoms with van der Waals surface area (Å²) in [4.78, 5) is 24.5. The molecule has 0 aliphatic carbocycles. The lowest BCUT2D eigenvalue weighted by atomic mass is 10.0. The number of esters is 1. The van der Waals surface area contributed by atoms with Crippen LogP contribution in [0.5, 0.6) is 0 Å². The molecule has 0 radical (unpaired) electrons. The van der Waals surface area contributed by atoms with Crippen molar-refractivity contribution in [3.8, 4) is 0 Å². The Kier molecular flexibility index (Phi) is 55.5. The number of carbonyl (C=O) groups excluding carboxylic acids is 2. The van der Waals surface area contributed by atoms with E-state index < -0.39 is 12.1 Å². The van der Waals surface area contributed by atoms with Gasteiger partial charge < -0.3 is 20.3 Å². The zero-order valence-corrected chi connectivity index (χ0v) is 45.1. The first-order chi connectivity index (χ1) is 33.0. The first kappa shape index (κ1) is 65.3. The van der Waals surface area contributed by atoms with E-state index in [1.165, 1.54) is 244 Å². The summed E-state index contributed by atoms with van der Waals surface area (Å²) in [6.07, 6.45) is 69.2. The van der Waals surface area contributed by atoms with Gasteiger partial charge in [-0.15, -0.1) is 0 Å². The molecule has 0 saturated heterocycles. The van der Waals surface area contributed by atoms with Gasteiger partial charge >= 0.3 is 5.97 Å². The van der Waals surface area contributed by atoms with Crippen LogP contribution in [-0.2, 0) is 14.3 Å². The second kappa shape index (κ2) is 56.9. The first-order valence-corrected chi connectivity index (χ1v) is 30.1. The van der Waals surface area contributed by atoms with Crippen LogP contribution in [0.15, 0.2) is 24.3 Å². The van der Waals surface area contributed by atoms with Crippen molar-refractivity contribution in [2.75, 3.05) is 13.2 Å². The van der Waals surface area contributed by atoms with Crippen LogP contribution >= 0.6 is 0 Å². The highest BCUT2D eigenvalue weighted by Crippen LogP contribution is 2.17. The SMILES string of the molecule is CCCCCCCCCCCCC/C=C/C(O)C(CO)NC(=O)CCCCCCC/C=C\CCCCCCCCCCCOC(=O)CCCCCCCCCCCCCCCCCCCCC. The van der Waals surface area contributed by atoms with Crippen LogP contribution in [0.3, 0.4) is 0 Å². The van der Waals surface area contributed by atoms with Gasteiger partial charge in [-0.1, -0.05) is 282 Å². The summed E-state index contributed by atoms with van der Waals surface area (Å²) in [6.45, 7) is 4.90. The van der Waals surface area contributed by atoms with Crippen molar-refractivity contribution >= 4 is 11.9 Å². The molecule has 0 aliphatic rings. The molecule has 1 amide bonds. The predicted octanol–water partition coefficient (Wildman–Crippen LogP) is 18.6. The van der Waals surface area contributed by atoms with Gasteiger partial charge in [0.25, 0.3) is 0 Å². The Labute approximate surface area is 418 Å². The average Bonchev–Trinajstić information content (AvgIpc) is 3.33. The Bertz CT molecular complexity index is 1040. The zero-order valence-electron chi connectivity index (χ0n) is 45.1. The molecule has 2 atom stereocenters. The van der Waals surface area contributed by atoms with Crippen LogP contribution in [0.2, 0.25) is 0 Å². The van der Waals surface area contributed by atoms with E-state index in [1.807, 2.05) is 6.08 Å². The summed E-state index contributed by atoms with van der Waals surface area (Å²) >= 11 is 0. The molecule has 0 rings (SSSR count). The second-order valence-corrected chi connectivity index (χ2v) is 20.7. The van der Waals surface area contributed by atoms with Gasteiger partial charge in [-0.05, 0) is 57.8 Å². The quantitative estimate of drug-likeness (QED) is 0.0321. The molecule has 396 valence electrons. The number of aliphatic hydroxyl groups is 2. The van der Waals surface area contributed by atoms with Crippen molar-refractivity contribution in [3.63, 3.8) is 0 Å². The van der Waals surface area contributed by atoms with Gasteiger partial charge in [-0.25, -0.2) is 0 Å². The van der Waals surface area contributed by atoms with E-state index in [-0.39, 0.29) is 18.5 Å². The van der Waals surface area contributed by atoms with Crippen LogP contribution < -0.4 is 5.32 Å². The molecule has 0 aromatic heterocycles. The maximum atomic E-state index is 12.4. The molecule has 6 heteroatoms. The molecule has 6 nitrogen and oxygen atoms in total. The monoisotopic (exact) mass is 944 g/mol.